The van der Waals surface area contributed by atoms with Gasteiger partial charge in [-0.1, -0.05) is 5.21 Å². The molecule has 0 aliphatic rings. The van der Waals surface area contributed by atoms with Gasteiger partial charge in [-0.2, -0.15) is 11.3 Å². The first-order chi connectivity index (χ1) is 8.88. The van der Waals surface area contributed by atoms with Crippen LogP contribution in [0.5, 0.6) is 0 Å². The number of aliphatic hydroxyl groups excluding tert-OH is 1. The van der Waals surface area contributed by atoms with Gasteiger partial charge >= 0.3 is 0 Å². The Morgan fingerprint density at radius 3 is 3.17 bits per heavy atom. The first-order valence-corrected chi connectivity index (χ1v) is 7.04. The summed E-state index contributed by atoms with van der Waals surface area (Å²) in [6, 6.07) is 2.15. The van der Waals surface area contributed by atoms with Crippen molar-refractivity contribution in [1.82, 2.24) is 20.3 Å². The Hall–Kier alpha value is -1.24. The Balaban J connectivity index is 1.65. The lowest BCUT2D eigenvalue weighted by Gasteiger charge is -2.00. The van der Waals surface area contributed by atoms with Crippen molar-refractivity contribution >= 4 is 11.3 Å². The van der Waals surface area contributed by atoms with Crippen LogP contribution in [0.25, 0.3) is 0 Å². The van der Waals surface area contributed by atoms with Gasteiger partial charge in [-0.25, -0.2) is 0 Å². The molecule has 0 aliphatic carbocycles. The van der Waals surface area contributed by atoms with E-state index in [1.165, 1.54) is 5.56 Å². The third kappa shape index (κ3) is 4.21. The lowest BCUT2D eigenvalue weighted by atomic mass is 10.2. The molecule has 0 saturated heterocycles. The van der Waals surface area contributed by atoms with Crippen molar-refractivity contribution in [3.63, 3.8) is 0 Å². The summed E-state index contributed by atoms with van der Waals surface area (Å²) in [7, 11) is 0. The van der Waals surface area contributed by atoms with Crippen molar-refractivity contribution < 1.29 is 5.11 Å². The SMILES string of the molecule is OCCCn1cc(CNCCc2ccsc2)nn1. The number of hydrogen-bond acceptors (Lipinski definition) is 5. The number of thiophene rings is 1. The van der Waals surface area contributed by atoms with Crippen molar-refractivity contribution in [3.05, 3.63) is 34.3 Å². The van der Waals surface area contributed by atoms with Gasteiger partial charge in [0.1, 0.15) is 0 Å². The Morgan fingerprint density at radius 1 is 1.44 bits per heavy atom. The fourth-order valence-corrected chi connectivity index (χ4v) is 2.35. The highest BCUT2D eigenvalue weighted by Gasteiger charge is 2.00. The zero-order valence-corrected chi connectivity index (χ0v) is 11.1. The van der Waals surface area contributed by atoms with Crippen LogP contribution in [0, 0.1) is 0 Å². The van der Waals surface area contributed by atoms with E-state index in [1.54, 1.807) is 16.0 Å². The Bertz CT molecular complexity index is 441. The van der Waals surface area contributed by atoms with Crippen LogP contribution in [-0.4, -0.2) is 33.3 Å². The summed E-state index contributed by atoms with van der Waals surface area (Å²) < 4.78 is 1.77. The summed E-state index contributed by atoms with van der Waals surface area (Å²) in [5.41, 5.74) is 2.32. The lowest BCUT2D eigenvalue weighted by Crippen LogP contribution is -2.16. The van der Waals surface area contributed by atoms with Gasteiger partial charge in [0, 0.05) is 25.9 Å². The van der Waals surface area contributed by atoms with Gasteiger partial charge < -0.3 is 10.4 Å². The van der Waals surface area contributed by atoms with Crippen LogP contribution >= 0.6 is 11.3 Å². The predicted molar refractivity (Wildman–Crippen MR) is 71.5 cm³/mol. The molecule has 6 heteroatoms. The largest absolute Gasteiger partial charge is 0.396 e. The minimum Gasteiger partial charge on any atom is -0.396 e. The Labute approximate surface area is 110 Å². The number of nitrogens with one attached hydrogen (secondary N) is 1. The van der Waals surface area contributed by atoms with E-state index in [0.717, 1.165) is 31.7 Å². The highest BCUT2D eigenvalue weighted by atomic mass is 32.1. The second-order valence-corrected chi connectivity index (χ2v) is 4.89. The smallest absolute Gasteiger partial charge is 0.0964 e. The molecule has 18 heavy (non-hydrogen) atoms. The summed E-state index contributed by atoms with van der Waals surface area (Å²) in [6.07, 6.45) is 3.68. The maximum atomic E-state index is 8.73. The zero-order chi connectivity index (χ0) is 12.6. The van der Waals surface area contributed by atoms with Crippen LogP contribution in [0.4, 0.5) is 0 Å². The van der Waals surface area contributed by atoms with E-state index in [2.05, 4.69) is 32.5 Å². The van der Waals surface area contributed by atoms with Crippen molar-refractivity contribution in [2.75, 3.05) is 13.2 Å². The third-order valence-electron chi connectivity index (χ3n) is 2.61. The van der Waals surface area contributed by atoms with E-state index in [-0.39, 0.29) is 6.61 Å². The molecule has 0 bridgehead atoms. The summed E-state index contributed by atoms with van der Waals surface area (Å²) in [6.45, 7) is 2.59. The molecule has 2 rings (SSSR count). The monoisotopic (exact) mass is 266 g/mol. The second-order valence-electron chi connectivity index (χ2n) is 4.11. The Morgan fingerprint density at radius 2 is 2.39 bits per heavy atom. The molecule has 0 atom stereocenters. The standard InChI is InChI=1S/C12H18N4OS/c17-6-1-5-16-9-12(14-15-16)8-13-4-2-11-3-7-18-10-11/h3,7,9-10,13,17H,1-2,4-6,8H2. The summed E-state index contributed by atoms with van der Waals surface area (Å²) in [5.74, 6) is 0. The van der Waals surface area contributed by atoms with E-state index >= 15 is 0 Å². The van der Waals surface area contributed by atoms with Crippen LogP contribution in [0.2, 0.25) is 0 Å². The van der Waals surface area contributed by atoms with E-state index in [1.807, 2.05) is 6.20 Å². The minimum absolute atomic E-state index is 0.189. The van der Waals surface area contributed by atoms with E-state index in [4.69, 9.17) is 5.11 Å². The predicted octanol–water partition coefficient (Wildman–Crippen LogP) is 1.05. The molecule has 0 unspecified atom stereocenters. The number of nitrogens with zero attached hydrogens (tertiary/aromatic N) is 3. The molecule has 0 aromatic carbocycles. The topological polar surface area (TPSA) is 63.0 Å². The first kappa shape index (κ1) is 13.2. The number of aliphatic hydroxyl groups is 1. The average molecular weight is 266 g/mol. The minimum atomic E-state index is 0.189. The van der Waals surface area contributed by atoms with Gasteiger partial charge in [0.2, 0.25) is 0 Å². The quantitative estimate of drug-likeness (QED) is 0.701. The fraction of sp³-hybridized carbons (Fsp3) is 0.500. The molecule has 0 amide bonds. The lowest BCUT2D eigenvalue weighted by molar-refractivity contribution is 0.276. The third-order valence-corrected chi connectivity index (χ3v) is 3.34. The van der Waals surface area contributed by atoms with Gasteiger partial charge in [0.15, 0.2) is 0 Å². The second kappa shape index (κ2) is 7.25. The highest BCUT2D eigenvalue weighted by molar-refractivity contribution is 7.07. The van der Waals surface area contributed by atoms with Crippen LogP contribution in [-0.2, 0) is 19.5 Å². The van der Waals surface area contributed by atoms with Gasteiger partial charge in [-0.15, -0.1) is 5.10 Å². The zero-order valence-electron chi connectivity index (χ0n) is 10.2. The van der Waals surface area contributed by atoms with E-state index in [0.29, 0.717) is 6.42 Å². The molecular weight excluding hydrogens is 248 g/mol. The summed E-state index contributed by atoms with van der Waals surface area (Å²) in [4.78, 5) is 0. The molecule has 5 nitrogen and oxygen atoms in total. The molecule has 0 spiro atoms. The van der Waals surface area contributed by atoms with Gasteiger partial charge in [0.05, 0.1) is 5.69 Å². The maximum absolute atomic E-state index is 8.73. The molecule has 2 N–H and O–H groups in total. The van der Waals surface area contributed by atoms with Crippen LogP contribution in [0.1, 0.15) is 17.7 Å². The maximum Gasteiger partial charge on any atom is 0.0964 e. The number of hydrogen-bond donors (Lipinski definition) is 2. The fourth-order valence-electron chi connectivity index (χ4n) is 1.65. The van der Waals surface area contributed by atoms with Crippen LogP contribution in [0.15, 0.2) is 23.0 Å². The van der Waals surface area contributed by atoms with Gasteiger partial charge in [0.25, 0.3) is 0 Å². The first-order valence-electron chi connectivity index (χ1n) is 6.10. The van der Waals surface area contributed by atoms with Crippen molar-refractivity contribution in [2.45, 2.75) is 25.9 Å². The van der Waals surface area contributed by atoms with Crippen molar-refractivity contribution in [2.24, 2.45) is 0 Å². The Kier molecular flexibility index (Phi) is 5.32. The van der Waals surface area contributed by atoms with Crippen molar-refractivity contribution in [1.29, 1.82) is 0 Å². The molecule has 2 aromatic rings. The molecule has 0 radical (unpaired) electrons. The van der Waals surface area contributed by atoms with E-state index < -0.39 is 0 Å². The molecule has 98 valence electrons. The summed E-state index contributed by atoms with van der Waals surface area (Å²) >= 11 is 1.73. The van der Waals surface area contributed by atoms with Crippen molar-refractivity contribution in [3.8, 4) is 0 Å². The molecule has 2 heterocycles. The van der Waals surface area contributed by atoms with Gasteiger partial charge in [-0.05, 0) is 41.8 Å². The number of aromatic nitrogens is 3. The van der Waals surface area contributed by atoms with E-state index in [9.17, 15) is 0 Å². The van der Waals surface area contributed by atoms with Gasteiger partial charge in [-0.3, -0.25) is 4.68 Å². The van der Waals surface area contributed by atoms with Crippen LogP contribution in [0.3, 0.4) is 0 Å². The van der Waals surface area contributed by atoms with Crippen LogP contribution < -0.4 is 5.32 Å². The molecular formula is C12H18N4OS. The molecule has 2 aromatic heterocycles. The molecule has 0 saturated carbocycles. The highest BCUT2D eigenvalue weighted by Crippen LogP contribution is 2.05. The average Bonchev–Trinajstić information content (AvgIpc) is 3.04. The molecule has 0 aliphatic heterocycles. The number of aryl methyl sites for hydroxylation is 1. The number of rotatable bonds is 8. The normalized spacial score (nSPS) is 10.9. The molecule has 0 fully saturated rings. The summed E-state index contributed by atoms with van der Waals surface area (Å²) in [5, 5.41) is 24.4.